The molecule has 0 unspecified atom stereocenters. The summed E-state index contributed by atoms with van der Waals surface area (Å²) in [5.41, 5.74) is 2.98. The summed E-state index contributed by atoms with van der Waals surface area (Å²) < 4.78 is 8.35. The van der Waals surface area contributed by atoms with Crippen molar-refractivity contribution in [1.29, 1.82) is 0 Å². The third-order valence-corrected chi connectivity index (χ3v) is 6.42. The number of aromatic nitrogens is 1. The molecule has 0 atom stereocenters. The molecule has 4 rings (SSSR count). The molecule has 0 radical (unpaired) electrons. The number of rotatable bonds is 9. The monoisotopic (exact) mass is 404 g/mol. The number of piperidine rings is 1. The van der Waals surface area contributed by atoms with Gasteiger partial charge in [-0.1, -0.05) is 50.2 Å². The van der Waals surface area contributed by atoms with E-state index >= 15 is 0 Å². The van der Waals surface area contributed by atoms with Gasteiger partial charge in [-0.05, 0) is 74.4 Å². The molecule has 3 nitrogen and oxygen atoms in total. The summed E-state index contributed by atoms with van der Waals surface area (Å²) in [5.74, 6) is 2.40. The van der Waals surface area contributed by atoms with Gasteiger partial charge in [0.05, 0.1) is 6.61 Å². The molecule has 30 heavy (non-hydrogen) atoms. The standard InChI is InChI=1S/C27H36N2O/c1-22(2)13-19-29-21-26(25-11-6-7-12-27(25)29)23-14-17-28(18-15-23)16-8-20-30-24-9-4-3-5-10-24/h3-7,9-12,21-23H,8,13-20H2,1-2H3. The van der Waals surface area contributed by atoms with Gasteiger partial charge in [0, 0.05) is 30.2 Å². The first kappa shape index (κ1) is 21.0. The molecule has 3 aromatic rings. The van der Waals surface area contributed by atoms with Crippen LogP contribution < -0.4 is 4.74 Å². The Morgan fingerprint density at radius 3 is 2.43 bits per heavy atom. The van der Waals surface area contributed by atoms with E-state index in [0.29, 0.717) is 5.92 Å². The van der Waals surface area contributed by atoms with Crippen LogP contribution in [0, 0.1) is 5.92 Å². The molecule has 1 aliphatic heterocycles. The lowest BCUT2D eigenvalue weighted by atomic mass is 9.89. The van der Waals surface area contributed by atoms with Gasteiger partial charge in [-0.25, -0.2) is 0 Å². The fourth-order valence-corrected chi connectivity index (χ4v) is 4.65. The van der Waals surface area contributed by atoms with Crippen LogP contribution in [0.4, 0.5) is 0 Å². The fourth-order valence-electron chi connectivity index (χ4n) is 4.65. The minimum Gasteiger partial charge on any atom is -0.494 e. The van der Waals surface area contributed by atoms with Gasteiger partial charge in [0.15, 0.2) is 0 Å². The van der Waals surface area contributed by atoms with Crippen LogP contribution in [0.3, 0.4) is 0 Å². The van der Waals surface area contributed by atoms with Crippen LogP contribution in [-0.4, -0.2) is 35.7 Å². The molecule has 0 amide bonds. The summed E-state index contributed by atoms with van der Waals surface area (Å²) >= 11 is 0. The van der Waals surface area contributed by atoms with Gasteiger partial charge in [-0.3, -0.25) is 0 Å². The largest absolute Gasteiger partial charge is 0.494 e. The smallest absolute Gasteiger partial charge is 0.119 e. The molecule has 0 N–H and O–H groups in total. The van der Waals surface area contributed by atoms with Gasteiger partial charge < -0.3 is 14.2 Å². The summed E-state index contributed by atoms with van der Waals surface area (Å²) in [7, 11) is 0. The van der Waals surface area contributed by atoms with Crippen LogP contribution in [-0.2, 0) is 6.54 Å². The molecule has 0 bridgehead atoms. The van der Waals surface area contributed by atoms with E-state index in [0.717, 1.165) is 37.8 Å². The second-order valence-electron chi connectivity index (χ2n) is 9.11. The van der Waals surface area contributed by atoms with Crippen molar-refractivity contribution in [1.82, 2.24) is 9.47 Å². The molecule has 1 fully saturated rings. The molecule has 2 heterocycles. The minimum atomic E-state index is 0.687. The maximum absolute atomic E-state index is 5.85. The highest BCUT2D eigenvalue weighted by atomic mass is 16.5. The molecule has 0 saturated carbocycles. The number of hydrogen-bond acceptors (Lipinski definition) is 2. The number of ether oxygens (including phenoxy) is 1. The van der Waals surface area contributed by atoms with Gasteiger partial charge >= 0.3 is 0 Å². The van der Waals surface area contributed by atoms with E-state index in [-0.39, 0.29) is 0 Å². The minimum absolute atomic E-state index is 0.687. The zero-order valence-corrected chi connectivity index (χ0v) is 18.6. The first-order valence-corrected chi connectivity index (χ1v) is 11.7. The van der Waals surface area contributed by atoms with E-state index in [4.69, 9.17) is 4.74 Å². The lowest BCUT2D eigenvalue weighted by Gasteiger charge is -2.32. The summed E-state index contributed by atoms with van der Waals surface area (Å²) in [4.78, 5) is 2.61. The third-order valence-electron chi connectivity index (χ3n) is 6.42. The Bertz CT molecular complexity index is 907. The van der Waals surface area contributed by atoms with E-state index in [1.807, 2.05) is 30.3 Å². The predicted octanol–water partition coefficient (Wildman–Crippen LogP) is 6.34. The van der Waals surface area contributed by atoms with Crippen molar-refractivity contribution in [3.05, 3.63) is 66.4 Å². The van der Waals surface area contributed by atoms with Crippen molar-refractivity contribution in [3.8, 4) is 5.75 Å². The summed E-state index contributed by atoms with van der Waals surface area (Å²) in [6.07, 6.45) is 7.31. The summed E-state index contributed by atoms with van der Waals surface area (Å²) in [6, 6.07) is 19.1. The van der Waals surface area contributed by atoms with E-state index < -0.39 is 0 Å². The number of benzene rings is 2. The maximum Gasteiger partial charge on any atom is 0.119 e. The van der Waals surface area contributed by atoms with Gasteiger partial charge in [0.2, 0.25) is 0 Å². The average molecular weight is 405 g/mol. The molecule has 1 aromatic heterocycles. The highest BCUT2D eigenvalue weighted by Gasteiger charge is 2.23. The van der Waals surface area contributed by atoms with E-state index in [9.17, 15) is 0 Å². The molecular formula is C27H36N2O. The van der Waals surface area contributed by atoms with Crippen LogP contribution in [0.1, 0.15) is 51.0 Å². The van der Waals surface area contributed by atoms with Crippen molar-refractivity contribution in [3.63, 3.8) is 0 Å². The first-order valence-electron chi connectivity index (χ1n) is 11.7. The van der Waals surface area contributed by atoms with Gasteiger partial charge in [0.25, 0.3) is 0 Å². The lowest BCUT2D eigenvalue weighted by Crippen LogP contribution is -2.34. The van der Waals surface area contributed by atoms with Crippen LogP contribution in [0.2, 0.25) is 0 Å². The Balaban J connectivity index is 1.30. The first-order chi connectivity index (χ1) is 14.7. The van der Waals surface area contributed by atoms with Gasteiger partial charge in [-0.2, -0.15) is 0 Å². The van der Waals surface area contributed by atoms with Crippen LogP contribution in [0.5, 0.6) is 5.75 Å². The molecule has 2 aromatic carbocycles. The number of aryl methyl sites for hydroxylation is 1. The van der Waals surface area contributed by atoms with E-state index in [1.54, 1.807) is 5.56 Å². The van der Waals surface area contributed by atoms with Crippen molar-refractivity contribution < 1.29 is 4.74 Å². The molecular weight excluding hydrogens is 368 g/mol. The van der Waals surface area contributed by atoms with Crippen molar-refractivity contribution >= 4 is 10.9 Å². The molecule has 3 heteroatoms. The lowest BCUT2D eigenvalue weighted by molar-refractivity contribution is 0.193. The van der Waals surface area contributed by atoms with Crippen LogP contribution in [0.25, 0.3) is 10.9 Å². The Kier molecular flexibility index (Phi) is 7.11. The number of para-hydroxylation sites is 2. The zero-order valence-electron chi connectivity index (χ0n) is 18.6. The Morgan fingerprint density at radius 2 is 1.67 bits per heavy atom. The maximum atomic E-state index is 5.85. The average Bonchev–Trinajstić information content (AvgIpc) is 3.15. The summed E-state index contributed by atoms with van der Waals surface area (Å²) in [5, 5.41) is 1.47. The number of nitrogens with zero attached hydrogens (tertiary/aromatic N) is 2. The Morgan fingerprint density at radius 1 is 0.933 bits per heavy atom. The topological polar surface area (TPSA) is 17.4 Å². The quantitative estimate of drug-likeness (QED) is 0.387. The second-order valence-corrected chi connectivity index (χ2v) is 9.11. The molecule has 1 aliphatic rings. The van der Waals surface area contributed by atoms with Crippen LogP contribution >= 0.6 is 0 Å². The Labute approximate surface area is 181 Å². The molecule has 0 spiro atoms. The SMILES string of the molecule is CC(C)CCn1cc(C2CCN(CCCOc3ccccc3)CC2)c2ccccc21. The highest BCUT2D eigenvalue weighted by molar-refractivity contribution is 5.84. The predicted molar refractivity (Wildman–Crippen MR) is 126 cm³/mol. The number of fused-ring (bicyclic) bond motifs is 1. The van der Waals surface area contributed by atoms with Gasteiger partial charge in [-0.15, -0.1) is 0 Å². The van der Waals surface area contributed by atoms with Crippen LogP contribution in [0.15, 0.2) is 60.8 Å². The molecule has 1 saturated heterocycles. The van der Waals surface area contributed by atoms with Gasteiger partial charge in [0.1, 0.15) is 5.75 Å². The van der Waals surface area contributed by atoms with E-state index in [2.05, 4.69) is 53.8 Å². The molecule has 160 valence electrons. The Hall–Kier alpha value is -2.26. The fraction of sp³-hybridized carbons (Fsp3) is 0.481. The van der Waals surface area contributed by atoms with Crippen molar-refractivity contribution in [2.75, 3.05) is 26.2 Å². The summed E-state index contributed by atoms with van der Waals surface area (Å²) in [6.45, 7) is 10.1. The normalized spacial score (nSPS) is 15.8. The van der Waals surface area contributed by atoms with E-state index in [1.165, 1.54) is 43.3 Å². The number of likely N-dealkylation sites (tertiary alicyclic amines) is 1. The zero-order chi connectivity index (χ0) is 20.8. The highest BCUT2D eigenvalue weighted by Crippen LogP contribution is 2.34. The third kappa shape index (κ3) is 5.26. The molecule has 0 aliphatic carbocycles. The van der Waals surface area contributed by atoms with Crippen molar-refractivity contribution in [2.45, 2.75) is 52.0 Å². The second kappa shape index (κ2) is 10.2. The number of hydrogen-bond donors (Lipinski definition) is 0. The van der Waals surface area contributed by atoms with Crippen molar-refractivity contribution in [2.24, 2.45) is 5.92 Å².